The first-order chi connectivity index (χ1) is 11.9. The normalized spacial score (nSPS) is 17.7. The minimum absolute atomic E-state index is 0.222. The molecular weight excluding hydrogens is 385 g/mol. The van der Waals surface area contributed by atoms with Crippen LogP contribution in [0.1, 0.15) is 12.0 Å². The summed E-state index contributed by atoms with van der Waals surface area (Å²) in [6, 6.07) is 7.50. The molecule has 0 radical (unpaired) electrons. The summed E-state index contributed by atoms with van der Waals surface area (Å²) in [7, 11) is 6.01. The van der Waals surface area contributed by atoms with Gasteiger partial charge >= 0.3 is 0 Å². The summed E-state index contributed by atoms with van der Waals surface area (Å²) >= 11 is 3.26. The van der Waals surface area contributed by atoms with E-state index in [9.17, 15) is 4.39 Å². The monoisotopic (exact) mass is 407 g/mol. The van der Waals surface area contributed by atoms with E-state index in [0.717, 1.165) is 43.4 Å². The van der Waals surface area contributed by atoms with Crippen molar-refractivity contribution >= 4 is 27.7 Å². The molecule has 2 heterocycles. The molecule has 1 aliphatic heterocycles. The Morgan fingerprint density at radius 2 is 2.08 bits per heavy atom. The van der Waals surface area contributed by atoms with Crippen LogP contribution in [0.5, 0.6) is 0 Å². The Kier molecular flexibility index (Phi) is 5.54. The standard InChI is InChI=1S/C18H23BrFN5/c1-23(2)17-6-8-21-18(22-17)24(3)14-7-9-25(12-14)11-13-4-5-16(20)15(19)10-13/h4-6,8,10,14H,7,9,11-12H2,1-3H3. The highest BCUT2D eigenvalue weighted by Crippen LogP contribution is 2.23. The molecular formula is C18H23BrFN5. The fourth-order valence-corrected chi connectivity index (χ4v) is 3.52. The van der Waals surface area contributed by atoms with Gasteiger partial charge in [0.15, 0.2) is 0 Å². The zero-order chi connectivity index (χ0) is 18.0. The van der Waals surface area contributed by atoms with Crippen molar-refractivity contribution in [3.63, 3.8) is 0 Å². The van der Waals surface area contributed by atoms with Crippen molar-refractivity contribution in [1.29, 1.82) is 0 Å². The van der Waals surface area contributed by atoms with Crippen LogP contribution in [0.25, 0.3) is 0 Å². The van der Waals surface area contributed by atoms with E-state index >= 15 is 0 Å². The Labute approximate surface area is 156 Å². The first-order valence-electron chi connectivity index (χ1n) is 8.33. The molecule has 0 spiro atoms. The average Bonchev–Trinajstić information content (AvgIpc) is 3.06. The van der Waals surface area contributed by atoms with E-state index < -0.39 is 0 Å². The first-order valence-corrected chi connectivity index (χ1v) is 9.13. The molecule has 0 saturated carbocycles. The van der Waals surface area contributed by atoms with Crippen LogP contribution in [-0.2, 0) is 6.54 Å². The van der Waals surface area contributed by atoms with E-state index in [2.05, 4.69) is 42.7 Å². The second-order valence-electron chi connectivity index (χ2n) is 6.65. The number of nitrogens with zero attached hydrogens (tertiary/aromatic N) is 5. The van der Waals surface area contributed by atoms with Crippen molar-refractivity contribution in [2.75, 3.05) is 44.0 Å². The molecule has 3 rings (SSSR count). The van der Waals surface area contributed by atoms with E-state index in [4.69, 9.17) is 0 Å². The third-order valence-corrected chi connectivity index (χ3v) is 5.19. The summed E-state index contributed by atoms with van der Waals surface area (Å²) in [4.78, 5) is 15.6. The molecule has 1 aliphatic rings. The van der Waals surface area contributed by atoms with Gasteiger partial charge in [-0.2, -0.15) is 4.98 Å². The zero-order valence-electron chi connectivity index (χ0n) is 14.8. The SMILES string of the molecule is CN(C)c1ccnc(N(C)C2CCN(Cc3ccc(F)c(Br)c3)C2)n1. The third-order valence-electron chi connectivity index (χ3n) is 4.59. The van der Waals surface area contributed by atoms with Gasteiger partial charge in [-0.25, -0.2) is 9.37 Å². The number of likely N-dealkylation sites (tertiary alicyclic amines) is 1. The molecule has 2 aromatic rings. The van der Waals surface area contributed by atoms with Gasteiger partial charge in [0, 0.05) is 53.0 Å². The maximum absolute atomic E-state index is 13.4. The van der Waals surface area contributed by atoms with E-state index in [1.807, 2.05) is 37.2 Å². The van der Waals surface area contributed by atoms with Crippen LogP contribution in [0.4, 0.5) is 16.2 Å². The van der Waals surface area contributed by atoms with Gasteiger partial charge in [0.2, 0.25) is 5.95 Å². The number of likely N-dealkylation sites (N-methyl/N-ethyl adjacent to an activating group) is 1. The summed E-state index contributed by atoms with van der Waals surface area (Å²) in [6.07, 6.45) is 2.87. The molecule has 1 saturated heterocycles. The molecule has 0 amide bonds. The molecule has 134 valence electrons. The first kappa shape index (κ1) is 18.1. The second-order valence-corrected chi connectivity index (χ2v) is 7.50. The smallest absolute Gasteiger partial charge is 0.227 e. The summed E-state index contributed by atoms with van der Waals surface area (Å²) in [6.45, 7) is 2.78. The van der Waals surface area contributed by atoms with Crippen LogP contribution in [0, 0.1) is 5.82 Å². The van der Waals surface area contributed by atoms with E-state index in [0.29, 0.717) is 10.5 Å². The van der Waals surface area contributed by atoms with Crippen LogP contribution in [0.2, 0.25) is 0 Å². The lowest BCUT2D eigenvalue weighted by molar-refractivity contribution is 0.325. The minimum Gasteiger partial charge on any atom is -0.363 e. The molecule has 7 heteroatoms. The van der Waals surface area contributed by atoms with Crippen molar-refractivity contribution in [1.82, 2.24) is 14.9 Å². The summed E-state index contributed by atoms with van der Waals surface area (Å²) < 4.78 is 13.9. The van der Waals surface area contributed by atoms with Gasteiger partial charge in [-0.05, 0) is 46.1 Å². The number of benzene rings is 1. The van der Waals surface area contributed by atoms with Gasteiger partial charge in [0.1, 0.15) is 11.6 Å². The topological polar surface area (TPSA) is 35.5 Å². The van der Waals surface area contributed by atoms with Crippen molar-refractivity contribution in [3.05, 3.63) is 46.3 Å². The Bertz CT molecular complexity index is 739. The summed E-state index contributed by atoms with van der Waals surface area (Å²) in [5.41, 5.74) is 1.11. The van der Waals surface area contributed by atoms with Crippen LogP contribution in [0.15, 0.2) is 34.9 Å². The average molecular weight is 408 g/mol. The lowest BCUT2D eigenvalue weighted by atomic mass is 10.2. The number of aromatic nitrogens is 2. The van der Waals surface area contributed by atoms with E-state index in [1.54, 1.807) is 6.20 Å². The van der Waals surface area contributed by atoms with Gasteiger partial charge in [-0.1, -0.05) is 6.07 Å². The summed E-state index contributed by atoms with van der Waals surface area (Å²) in [5, 5.41) is 0. The Hall–Kier alpha value is -1.73. The van der Waals surface area contributed by atoms with Gasteiger partial charge in [0.05, 0.1) is 4.47 Å². The number of halogens is 2. The number of hydrogen-bond donors (Lipinski definition) is 0. The Balaban J connectivity index is 1.63. The lowest BCUT2D eigenvalue weighted by Gasteiger charge is -2.25. The van der Waals surface area contributed by atoms with E-state index in [1.165, 1.54) is 6.07 Å². The third kappa shape index (κ3) is 4.27. The van der Waals surface area contributed by atoms with Crippen molar-refractivity contribution in [3.8, 4) is 0 Å². The highest BCUT2D eigenvalue weighted by molar-refractivity contribution is 9.10. The van der Waals surface area contributed by atoms with Crippen LogP contribution >= 0.6 is 15.9 Å². The van der Waals surface area contributed by atoms with Crippen molar-refractivity contribution in [2.45, 2.75) is 19.0 Å². The maximum atomic E-state index is 13.4. The Morgan fingerprint density at radius 1 is 1.28 bits per heavy atom. The van der Waals surface area contributed by atoms with Gasteiger partial charge in [-0.3, -0.25) is 4.90 Å². The molecule has 0 N–H and O–H groups in total. The largest absolute Gasteiger partial charge is 0.363 e. The molecule has 1 aromatic heterocycles. The second kappa shape index (κ2) is 7.66. The Morgan fingerprint density at radius 3 is 2.80 bits per heavy atom. The molecule has 0 aliphatic carbocycles. The van der Waals surface area contributed by atoms with Gasteiger partial charge < -0.3 is 9.80 Å². The molecule has 1 fully saturated rings. The molecule has 1 atom stereocenters. The van der Waals surface area contributed by atoms with Crippen molar-refractivity contribution in [2.24, 2.45) is 0 Å². The number of anilines is 2. The van der Waals surface area contributed by atoms with Crippen molar-refractivity contribution < 1.29 is 4.39 Å². The maximum Gasteiger partial charge on any atom is 0.227 e. The summed E-state index contributed by atoms with van der Waals surface area (Å²) in [5.74, 6) is 1.44. The number of rotatable bonds is 5. The zero-order valence-corrected chi connectivity index (χ0v) is 16.4. The fraction of sp³-hybridized carbons (Fsp3) is 0.444. The lowest BCUT2D eigenvalue weighted by Crippen LogP contribution is -2.35. The molecule has 1 unspecified atom stereocenters. The molecule has 25 heavy (non-hydrogen) atoms. The number of hydrogen-bond acceptors (Lipinski definition) is 5. The predicted octanol–water partition coefficient (Wildman–Crippen LogP) is 3.15. The predicted molar refractivity (Wildman–Crippen MR) is 103 cm³/mol. The van der Waals surface area contributed by atoms with Gasteiger partial charge in [0.25, 0.3) is 0 Å². The highest BCUT2D eigenvalue weighted by Gasteiger charge is 2.27. The van der Waals surface area contributed by atoms with Crippen LogP contribution in [0.3, 0.4) is 0 Å². The van der Waals surface area contributed by atoms with E-state index in [-0.39, 0.29) is 5.82 Å². The molecule has 1 aromatic carbocycles. The van der Waals surface area contributed by atoms with Crippen LogP contribution in [-0.4, -0.2) is 55.1 Å². The highest BCUT2D eigenvalue weighted by atomic mass is 79.9. The van der Waals surface area contributed by atoms with Gasteiger partial charge in [-0.15, -0.1) is 0 Å². The molecule has 5 nitrogen and oxygen atoms in total. The quantitative estimate of drug-likeness (QED) is 0.760. The minimum atomic E-state index is -0.222. The van der Waals surface area contributed by atoms with Crippen LogP contribution < -0.4 is 9.80 Å². The molecule has 0 bridgehead atoms. The fourth-order valence-electron chi connectivity index (χ4n) is 3.09.